The van der Waals surface area contributed by atoms with Crippen LogP contribution in [0.1, 0.15) is 46.1 Å². The maximum Gasteiger partial charge on any atom is 0.235 e. The smallest absolute Gasteiger partial charge is 0.235 e. The minimum atomic E-state index is -0.690. The highest BCUT2D eigenvalue weighted by Gasteiger charge is 2.64. The molecule has 2 aromatic rings. The van der Waals surface area contributed by atoms with Gasteiger partial charge in [0.15, 0.2) is 5.78 Å². The van der Waals surface area contributed by atoms with Gasteiger partial charge in [-0.25, -0.2) is 0 Å². The Labute approximate surface area is 188 Å². The van der Waals surface area contributed by atoms with E-state index in [9.17, 15) is 14.4 Å². The molecule has 3 aliphatic heterocycles. The van der Waals surface area contributed by atoms with Gasteiger partial charge in [-0.2, -0.15) is 0 Å². The van der Waals surface area contributed by atoms with Crippen molar-refractivity contribution in [3.05, 3.63) is 42.1 Å². The Kier molecular flexibility index (Phi) is 4.73. The number of carbonyl (C=O) groups is 3. The van der Waals surface area contributed by atoms with Crippen molar-refractivity contribution in [1.82, 2.24) is 9.88 Å². The van der Waals surface area contributed by atoms with Gasteiger partial charge in [0.25, 0.3) is 0 Å². The quantitative estimate of drug-likeness (QED) is 0.688. The highest BCUT2D eigenvalue weighted by Crippen LogP contribution is 2.51. The summed E-state index contributed by atoms with van der Waals surface area (Å²) in [4.78, 5) is 48.9. The molecule has 32 heavy (non-hydrogen) atoms. The molecule has 0 N–H and O–H groups in total. The number of carbonyl (C=O) groups excluding carboxylic acids is 3. The summed E-state index contributed by atoms with van der Waals surface area (Å²) < 4.78 is 0. The fraction of sp³-hybridized carbons (Fsp3) is 0.462. The van der Waals surface area contributed by atoms with Crippen LogP contribution in [0, 0.1) is 17.3 Å². The molecule has 4 atom stereocenters. The Morgan fingerprint density at radius 2 is 1.84 bits per heavy atom. The van der Waals surface area contributed by atoms with Gasteiger partial charge in [-0.1, -0.05) is 64.5 Å². The number of anilines is 1. The number of rotatable bonds is 4. The van der Waals surface area contributed by atoms with Crippen LogP contribution in [0.15, 0.2) is 36.5 Å². The molecule has 6 nitrogen and oxygen atoms in total. The summed E-state index contributed by atoms with van der Waals surface area (Å²) in [5, 5.41) is 0.974. The molecule has 6 heteroatoms. The van der Waals surface area contributed by atoms with E-state index < -0.39 is 23.3 Å². The largest absolute Gasteiger partial charge is 0.351 e. The normalized spacial score (nSPS) is 26.5. The van der Waals surface area contributed by atoms with Crippen molar-refractivity contribution in [2.24, 2.45) is 17.3 Å². The zero-order chi connectivity index (χ0) is 22.8. The number of aromatic nitrogens is 1. The fourth-order valence-corrected chi connectivity index (χ4v) is 5.52. The van der Waals surface area contributed by atoms with E-state index in [2.05, 4.69) is 4.98 Å². The maximum absolute atomic E-state index is 13.8. The van der Waals surface area contributed by atoms with E-state index in [0.29, 0.717) is 6.54 Å². The van der Waals surface area contributed by atoms with Gasteiger partial charge < -0.3 is 4.90 Å². The number of likely N-dealkylation sites (tertiary alicyclic amines) is 1. The van der Waals surface area contributed by atoms with E-state index in [1.54, 1.807) is 6.20 Å². The number of Topliss-reactive ketones (excluding diaryl/α,β-unsaturated/α-hetero) is 1. The summed E-state index contributed by atoms with van der Waals surface area (Å²) in [6, 6.07) is 6.90. The Morgan fingerprint density at radius 3 is 2.56 bits per heavy atom. The molecule has 4 heterocycles. The standard InChI is InChI=1S/C26H29N3O3/c1-5-6-14-28-24(31)18-17-12-11-16-10-9-15-8-7-13-27-20(15)21(16)29(17)22(19(18)25(28)32)23(30)26(2,3)4/h7-13,17-19,22H,5-6,14H2,1-4H3/t17-,18-,19-,22+/m1/s1. The Bertz CT molecular complexity index is 1160. The first-order valence-corrected chi connectivity index (χ1v) is 11.5. The molecule has 0 spiro atoms. The van der Waals surface area contributed by atoms with E-state index in [4.69, 9.17) is 0 Å². The second kappa shape index (κ2) is 7.26. The monoisotopic (exact) mass is 431 g/mol. The van der Waals surface area contributed by atoms with Crippen molar-refractivity contribution < 1.29 is 14.4 Å². The zero-order valence-electron chi connectivity index (χ0n) is 19.0. The molecule has 0 unspecified atom stereocenters. The number of ketones is 1. The predicted molar refractivity (Wildman–Crippen MR) is 124 cm³/mol. The van der Waals surface area contributed by atoms with Crippen molar-refractivity contribution in [2.45, 2.75) is 52.6 Å². The van der Waals surface area contributed by atoms with Gasteiger partial charge in [-0.05, 0) is 18.1 Å². The topological polar surface area (TPSA) is 70.6 Å². The molecule has 0 radical (unpaired) electrons. The minimum Gasteiger partial charge on any atom is -0.351 e. The zero-order valence-corrected chi connectivity index (χ0v) is 19.0. The summed E-state index contributed by atoms with van der Waals surface area (Å²) in [6.07, 6.45) is 7.43. The number of hydrogen-bond donors (Lipinski definition) is 0. The lowest BCUT2D eigenvalue weighted by atomic mass is 9.79. The molecule has 2 saturated heterocycles. The first kappa shape index (κ1) is 20.9. The molecular formula is C26H29N3O3. The molecule has 1 aromatic heterocycles. The number of nitrogens with zero attached hydrogens (tertiary/aromatic N) is 3. The summed E-state index contributed by atoms with van der Waals surface area (Å²) in [5.74, 6) is -1.56. The third-order valence-electron chi connectivity index (χ3n) is 7.07. The minimum absolute atomic E-state index is 0.0114. The summed E-state index contributed by atoms with van der Waals surface area (Å²) >= 11 is 0. The Morgan fingerprint density at radius 1 is 1.09 bits per heavy atom. The van der Waals surface area contributed by atoms with Crippen LogP contribution in [0.25, 0.3) is 17.0 Å². The van der Waals surface area contributed by atoms with Crippen molar-refractivity contribution in [3.63, 3.8) is 0 Å². The average Bonchev–Trinajstić information content (AvgIpc) is 3.23. The molecular weight excluding hydrogens is 402 g/mol. The van der Waals surface area contributed by atoms with Crippen LogP contribution in [-0.2, 0) is 14.4 Å². The molecule has 0 bridgehead atoms. The lowest BCUT2D eigenvalue weighted by molar-refractivity contribution is -0.142. The van der Waals surface area contributed by atoms with E-state index in [1.807, 2.05) is 69.0 Å². The molecule has 5 rings (SSSR count). The van der Waals surface area contributed by atoms with E-state index in [-0.39, 0.29) is 23.6 Å². The van der Waals surface area contributed by atoms with Crippen molar-refractivity contribution in [3.8, 4) is 0 Å². The van der Waals surface area contributed by atoms with Gasteiger partial charge in [-0.3, -0.25) is 24.3 Å². The third kappa shape index (κ3) is 2.85. The lowest BCUT2D eigenvalue weighted by Crippen LogP contribution is -2.51. The van der Waals surface area contributed by atoms with Crippen LogP contribution in [-0.4, -0.2) is 46.1 Å². The molecule has 0 aliphatic carbocycles. The average molecular weight is 432 g/mol. The van der Waals surface area contributed by atoms with Gasteiger partial charge in [0, 0.05) is 23.5 Å². The number of hydrogen-bond acceptors (Lipinski definition) is 5. The van der Waals surface area contributed by atoms with Crippen LogP contribution in [0.2, 0.25) is 0 Å². The molecule has 0 saturated carbocycles. The molecule has 2 fully saturated rings. The fourth-order valence-electron chi connectivity index (χ4n) is 5.52. The number of pyridine rings is 1. The molecule has 166 valence electrons. The van der Waals surface area contributed by atoms with Gasteiger partial charge in [0.1, 0.15) is 6.04 Å². The highest BCUT2D eigenvalue weighted by atomic mass is 16.2. The SMILES string of the molecule is CCCCN1C(=O)[C@@H]2[C@H](C1=O)[C@H]1C=Cc3ccc4cccnc4c3N1[C@@H]2C(=O)C(C)(C)C. The number of fused-ring (bicyclic) bond motifs is 7. The Balaban J connectivity index is 1.70. The van der Waals surface area contributed by atoms with Gasteiger partial charge in [-0.15, -0.1) is 0 Å². The summed E-state index contributed by atoms with van der Waals surface area (Å²) in [7, 11) is 0. The predicted octanol–water partition coefficient (Wildman–Crippen LogP) is 3.84. The van der Waals surface area contributed by atoms with Gasteiger partial charge in [0.2, 0.25) is 11.8 Å². The number of amides is 2. The highest BCUT2D eigenvalue weighted by molar-refractivity contribution is 6.13. The lowest BCUT2D eigenvalue weighted by Gasteiger charge is -2.39. The van der Waals surface area contributed by atoms with Crippen LogP contribution < -0.4 is 4.90 Å². The summed E-state index contributed by atoms with van der Waals surface area (Å²) in [6.45, 7) is 8.12. The van der Waals surface area contributed by atoms with E-state index in [1.165, 1.54) is 4.90 Å². The van der Waals surface area contributed by atoms with Crippen molar-refractivity contribution >= 4 is 40.3 Å². The second-order valence-corrected chi connectivity index (χ2v) is 10.1. The first-order chi connectivity index (χ1) is 15.3. The molecule has 1 aromatic carbocycles. The van der Waals surface area contributed by atoms with Crippen molar-refractivity contribution in [2.75, 3.05) is 11.4 Å². The van der Waals surface area contributed by atoms with Gasteiger partial charge in [0.05, 0.1) is 29.1 Å². The molecule has 3 aliphatic rings. The van der Waals surface area contributed by atoms with Crippen LogP contribution >= 0.6 is 0 Å². The number of benzene rings is 1. The van der Waals surface area contributed by atoms with E-state index in [0.717, 1.165) is 35.0 Å². The third-order valence-corrected chi connectivity index (χ3v) is 7.07. The van der Waals surface area contributed by atoms with Crippen molar-refractivity contribution in [1.29, 1.82) is 0 Å². The first-order valence-electron chi connectivity index (χ1n) is 11.5. The van der Waals surface area contributed by atoms with Crippen LogP contribution in [0.3, 0.4) is 0 Å². The second-order valence-electron chi connectivity index (χ2n) is 10.1. The number of imide groups is 1. The molecule has 2 amide bonds. The summed E-state index contributed by atoms with van der Waals surface area (Å²) in [5.41, 5.74) is 1.97. The van der Waals surface area contributed by atoms with Crippen LogP contribution in [0.4, 0.5) is 5.69 Å². The Hall–Kier alpha value is -3.02. The maximum atomic E-state index is 13.8. The van der Waals surface area contributed by atoms with Crippen LogP contribution in [0.5, 0.6) is 0 Å². The van der Waals surface area contributed by atoms with E-state index >= 15 is 0 Å². The number of unbranched alkanes of at least 4 members (excludes halogenated alkanes) is 1. The van der Waals surface area contributed by atoms with Gasteiger partial charge >= 0.3 is 0 Å².